The SMILES string of the molecule is CCN(Cc1ccccc1)S(=O)(=O)c1cc(OC)c(C)cc1OC. The Bertz CT molecular complexity index is 788. The molecule has 0 aliphatic carbocycles. The van der Waals surface area contributed by atoms with Gasteiger partial charge in [0.25, 0.3) is 0 Å². The van der Waals surface area contributed by atoms with Crippen molar-refractivity contribution in [3.8, 4) is 11.5 Å². The van der Waals surface area contributed by atoms with Crippen LogP contribution < -0.4 is 9.47 Å². The predicted octanol–water partition coefficient (Wildman–Crippen LogP) is 3.22. The quantitative estimate of drug-likeness (QED) is 0.770. The first-order valence-electron chi connectivity index (χ1n) is 7.70. The smallest absolute Gasteiger partial charge is 0.247 e. The van der Waals surface area contributed by atoms with Crippen molar-refractivity contribution in [3.05, 3.63) is 53.6 Å². The molecule has 0 unspecified atom stereocenters. The highest BCUT2D eigenvalue weighted by atomic mass is 32.2. The molecule has 2 rings (SSSR count). The van der Waals surface area contributed by atoms with Crippen LogP contribution in [0.15, 0.2) is 47.4 Å². The minimum absolute atomic E-state index is 0.116. The van der Waals surface area contributed by atoms with Crippen LogP contribution in [-0.2, 0) is 16.6 Å². The van der Waals surface area contributed by atoms with Crippen LogP contribution >= 0.6 is 0 Å². The molecule has 6 heteroatoms. The van der Waals surface area contributed by atoms with Crippen molar-refractivity contribution < 1.29 is 17.9 Å². The van der Waals surface area contributed by atoms with Crippen molar-refractivity contribution in [2.45, 2.75) is 25.3 Å². The summed E-state index contributed by atoms with van der Waals surface area (Å²) in [6.45, 7) is 4.33. The molecule has 0 aliphatic rings. The Labute approximate surface area is 143 Å². The molecule has 0 radical (unpaired) electrons. The molecule has 0 amide bonds. The molecule has 0 bridgehead atoms. The molecule has 130 valence electrons. The Hall–Kier alpha value is -2.05. The maximum atomic E-state index is 13.1. The molecular weight excluding hydrogens is 326 g/mol. The zero-order valence-corrected chi connectivity index (χ0v) is 15.3. The molecule has 2 aromatic carbocycles. The normalized spacial score (nSPS) is 11.5. The summed E-state index contributed by atoms with van der Waals surface area (Å²) < 4.78 is 38.2. The third kappa shape index (κ3) is 3.71. The van der Waals surface area contributed by atoms with Gasteiger partial charge in [0.2, 0.25) is 10.0 Å². The van der Waals surface area contributed by atoms with Gasteiger partial charge in [-0.3, -0.25) is 0 Å². The van der Waals surface area contributed by atoms with Gasteiger partial charge in [-0.15, -0.1) is 0 Å². The van der Waals surface area contributed by atoms with Crippen molar-refractivity contribution in [1.29, 1.82) is 0 Å². The number of benzene rings is 2. The Balaban J connectivity index is 2.47. The van der Waals surface area contributed by atoms with E-state index in [2.05, 4.69) is 0 Å². The number of methoxy groups -OCH3 is 2. The van der Waals surface area contributed by atoms with E-state index < -0.39 is 10.0 Å². The van der Waals surface area contributed by atoms with E-state index in [-0.39, 0.29) is 4.90 Å². The van der Waals surface area contributed by atoms with Crippen LogP contribution in [0.4, 0.5) is 0 Å². The van der Waals surface area contributed by atoms with E-state index in [1.807, 2.05) is 44.2 Å². The van der Waals surface area contributed by atoms with Gasteiger partial charge < -0.3 is 9.47 Å². The molecular formula is C18H23NO4S. The van der Waals surface area contributed by atoms with Crippen molar-refractivity contribution in [2.24, 2.45) is 0 Å². The van der Waals surface area contributed by atoms with Crippen LogP contribution in [-0.4, -0.2) is 33.5 Å². The maximum absolute atomic E-state index is 13.1. The molecule has 0 atom stereocenters. The first-order chi connectivity index (χ1) is 11.4. The maximum Gasteiger partial charge on any atom is 0.247 e. The number of nitrogens with zero attached hydrogens (tertiary/aromatic N) is 1. The van der Waals surface area contributed by atoms with E-state index in [4.69, 9.17) is 9.47 Å². The summed E-state index contributed by atoms with van der Waals surface area (Å²) in [6.07, 6.45) is 0. The largest absolute Gasteiger partial charge is 0.496 e. The van der Waals surface area contributed by atoms with E-state index in [1.165, 1.54) is 24.6 Å². The Morgan fingerprint density at radius 2 is 1.62 bits per heavy atom. The summed E-state index contributed by atoms with van der Waals surface area (Å²) in [4.78, 5) is 0.116. The van der Waals surface area contributed by atoms with Gasteiger partial charge in [0.05, 0.1) is 14.2 Å². The fraction of sp³-hybridized carbons (Fsp3) is 0.333. The van der Waals surface area contributed by atoms with Gasteiger partial charge in [-0.2, -0.15) is 4.31 Å². The van der Waals surface area contributed by atoms with Gasteiger partial charge in [0.15, 0.2) is 0 Å². The van der Waals surface area contributed by atoms with Crippen molar-refractivity contribution in [1.82, 2.24) is 4.31 Å². The highest BCUT2D eigenvalue weighted by molar-refractivity contribution is 7.89. The molecule has 2 aromatic rings. The summed E-state index contributed by atoms with van der Waals surface area (Å²) in [5.74, 6) is 0.838. The van der Waals surface area contributed by atoms with Crippen molar-refractivity contribution in [3.63, 3.8) is 0 Å². The topological polar surface area (TPSA) is 55.8 Å². The lowest BCUT2D eigenvalue weighted by molar-refractivity contribution is 0.382. The highest BCUT2D eigenvalue weighted by Crippen LogP contribution is 2.33. The van der Waals surface area contributed by atoms with E-state index >= 15 is 0 Å². The number of hydrogen-bond acceptors (Lipinski definition) is 4. The first kappa shape index (κ1) is 18.3. The number of aryl methyl sites for hydroxylation is 1. The summed E-state index contributed by atoms with van der Waals surface area (Å²) in [7, 11) is -0.726. The van der Waals surface area contributed by atoms with E-state index in [9.17, 15) is 8.42 Å². The van der Waals surface area contributed by atoms with Gasteiger partial charge in [-0.25, -0.2) is 8.42 Å². The highest BCUT2D eigenvalue weighted by Gasteiger charge is 2.28. The lowest BCUT2D eigenvalue weighted by atomic mass is 10.2. The van der Waals surface area contributed by atoms with Gasteiger partial charge >= 0.3 is 0 Å². The van der Waals surface area contributed by atoms with Crippen LogP contribution in [0.3, 0.4) is 0 Å². The van der Waals surface area contributed by atoms with Crippen LogP contribution in [0.2, 0.25) is 0 Å². The average Bonchev–Trinajstić information content (AvgIpc) is 2.59. The van der Waals surface area contributed by atoms with Crippen LogP contribution in [0.5, 0.6) is 11.5 Å². The Kier molecular flexibility index (Phi) is 5.85. The second kappa shape index (κ2) is 7.68. The molecule has 0 aromatic heterocycles. The molecule has 0 heterocycles. The standard InChI is InChI=1S/C18H23NO4S/c1-5-19(13-15-9-7-6-8-10-15)24(20,21)18-12-16(22-3)14(2)11-17(18)23-4/h6-12H,5,13H2,1-4H3. The molecule has 0 saturated carbocycles. The van der Waals surface area contributed by atoms with E-state index in [1.54, 1.807) is 6.07 Å². The number of hydrogen-bond donors (Lipinski definition) is 0. The molecule has 5 nitrogen and oxygen atoms in total. The van der Waals surface area contributed by atoms with E-state index in [0.717, 1.165) is 11.1 Å². The minimum Gasteiger partial charge on any atom is -0.496 e. The van der Waals surface area contributed by atoms with Crippen LogP contribution in [0.1, 0.15) is 18.1 Å². The fourth-order valence-electron chi connectivity index (χ4n) is 2.52. The van der Waals surface area contributed by atoms with Gasteiger partial charge in [-0.1, -0.05) is 37.3 Å². The van der Waals surface area contributed by atoms with E-state index in [0.29, 0.717) is 24.6 Å². The average molecular weight is 349 g/mol. The predicted molar refractivity (Wildman–Crippen MR) is 94.0 cm³/mol. The first-order valence-corrected chi connectivity index (χ1v) is 9.14. The van der Waals surface area contributed by atoms with Gasteiger partial charge in [0.1, 0.15) is 16.4 Å². The second-order valence-electron chi connectivity index (χ2n) is 5.39. The Morgan fingerprint density at radius 1 is 1.00 bits per heavy atom. The third-order valence-electron chi connectivity index (χ3n) is 3.85. The minimum atomic E-state index is -3.71. The van der Waals surface area contributed by atoms with Crippen molar-refractivity contribution in [2.75, 3.05) is 20.8 Å². The fourth-order valence-corrected chi connectivity index (χ4v) is 4.11. The molecule has 0 fully saturated rings. The zero-order valence-electron chi connectivity index (χ0n) is 14.4. The summed E-state index contributed by atoms with van der Waals surface area (Å²) >= 11 is 0. The van der Waals surface area contributed by atoms with Crippen molar-refractivity contribution >= 4 is 10.0 Å². The van der Waals surface area contributed by atoms with Crippen LogP contribution in [0.25, 0.3) is 0 Å². The number of rotatable bonds is 7. The molecule has 0 saturated heterocycles. The number of ether oxygens (including phenoxy) is 2. The van der Waals surface area contributed by atoms with Gasteiger partial charge in [0, 0.05) is 19.2 Å². The monoisotopic (exact) mass is 349 g/mol. The van der Waals surface area contributed by atoms with Crippen LogP contribution in [0, 0.1) is 6.92 Å². The number of sulfonamides is 1. The second-order valence-corrected chi connectivity index (χ2v) is 7.30. The molecule has 0 N–H and O–H groups in total. The summed E-state index contributed by atoms with van der Waals surface area (Å²) in [5, 5.41) is 0. The molecule has 24 heavy (non-hydrogen) atoms. The molecule has 0 aliphatic heterocycles. The Morgan fingerprint density at radius 3 is 2.17 bits per heavy atom. The van der Waals surface area contributed by atoms with Gasteiger partial charge in [-0.05, 0) is 24.1 Å². The third-order valence-corrected chi connectivity index (χ3v) is 5.80. The summed E-state index contributed by atoms with van der Waals surface area (Å²) in [5.41, 5.74) is 1.75. The summed E-state index contributed by atoms with van der Waals surface area (Å²) in [6, 6.07) is 12.7. The zero-order chi connectivity index (χ0) is 17.7. The molecule has 0 spiro atoms. The lowest BCUT2D eigenvalue weighted by Crippen LogP contribution is -2.30. The lowest BCUT2D eigenvalue weighted by Gasteiger charge is -2.22.